The summed E-state index contributed by atoms with van der Waals surface area (Å²) < 4.78 is 0. The molecule has 0 aromatic carbocycles. The van der Waals surface area contributed by atoms with Gasteiger partial charge in [0.1, 0.15) is 0 Å². The second-order valence-corrected chi connectivity index (χ2v) is 4.63. The lowest BCUT2D eigenvalue weighted by atomic mass is 9.88. The molecule has 0 bridgehead atoms. The Labute approximate surface area is 91.0 Å². The van der Waals surface area contributed by atoms with Gasteiger partial charge in [-0.15, -0.1) is 0 Å². The summed E-state index contributed by atoms with van der Waals surface area (Å²) >= 11 is 0. The van der Waals surface area contributed by atoms with Crippen molar-refractivity contribution < 1.29 is 9.59 Å². The van der Waals surface area contributed by atoms with Crippen LogP contribution in [-0.4, -0.2) is 36.3 Å². The normalized spacial score (nSPS) is 18.3. The summed E-state index contributed by atoms with van der Waals surface area (Å²) in [5.74, 6) is 0.195. The standard InChI is InChI=1S/C11H20N2O2/c1-4-11(2,3)10(15)13-7-5-9(14)12-6-8-13/h4-8H2,1-3H3,(H,12,14). The van der Waals surface area contributed by atoms with Gasteiger partial charge in [0.25, 0.3) is 0 Å². The molecular weight excluding hydrogens is 192 g/mol. The Bertz CT molecular complexity index is 261. The Morgan fingerprint density at radius 2 is 2.13 bits per heavy atom. The summed E-state index contributed by atoms with van der Waals surface area (Å²) in [5.41, 5.74) is -0.312. The molecule has 0 atom stereocenters. The quantitative estimate of drug-likeness (QED) is 0.735. The zero-order chi connectivity index (χ0) is 11.5. The smallest absolute Gasteiger partial charge is 0.228 e. The van der Waals surface area contributed by atoms with Gasteiger partial charge in [-0.25, -0.2) is 0 Å². The molecule has 0 spiro atoms. The first-order valence-corrected chi connectivity index (χ1v) is 5.53. The number of hydrogen-bond donors (Lipinski definition) is 1. The fourth-order valence-electron chi connectivity index (χ4n) is 1.55. The molecule has 2 amide bonds. The predicted molar refractivity (Wildman–Crippen MR) is 58.3 cm³/mol. The lowest BCUT2D eigenvalue weighted by molar-refractivity contribution is -0.140. The van der Waals surface area contributed by atoms with Crippen molar-refractivity contribution in [2.24, 2.45) is 5.41 Å². The lowest BCUT2D eigenvalue weighted by Gasteiger charge is -2.29. The summed E-state index contributed by atoms with van der Waals surface area (Å²) in [4.78, 5) is 25.0. The van der Waals surface area contributed by atoms with Crippen molar-refractivity contribution in [2.75, 3.05) is 19.6 Å². The minimum Gasteiger partial charge on any atom is -0.354 e. The maximum atomic E-state index is 12.1. The molecule has 0 saturated carbocycles. The van der Waals surface area contributed by atoms with Crippen molar-refractivity contribution in [3.8, 4) is 0 Å². The van der Waals surface area contributed by atoms with E-state index in [2.05, 4.69) is 5.32 Å². The third-order valence-corrected chi connectivity index (χ3v) is 3.06. The monoisotopic (exact) mass is 212 g/mol. The zero-order valence-corrected chi connectivity index (χ0v) is 9.80. The maximum Gasteiger partial charge on any atom is 0.228 e. The van der Waals surface area contributed by atoms with Gasteiger partial charge in [-0.2, -0.15) is 0 Å². The van der Waals surface area contributed by atoms with Crippen LogP contribution in [0.4, 0.5) is 0 Å². The molecular formula is C11H20N2O2. The average Bonchev–Trinajstić information content (AvgIpc) is 2.42. The van der Waals surface area contributed by atoms with E-state index in [1.807, 2.05) is 20.8 Å². The molecule has 4 heteroatoms. The molecule has 1 N–H and O–H groups in total. The number of carbonyl (C=O) groups excluding carboxylic acids is 2. The molecule has 1 fully saturated rings. The van der Waals surface area contributed by atoms with Crippen LogP contribution in [0.3, 0.4) is 0 Å². The second kappa shape index (κ2) is 4.64. The van der Waals surface area contributed by atoms with Crippen molar-refractivity contribution in [1.29, 1.82) is 0 Å². The van der Waals surface area contributed by atoms with Crippen LogP contribution >= 0.6 is 0 Å². The fraction of sp³-hybridized carbons (Fsp3) is 0.818. The van der Waals surface area contributed by atoms with Gasteiger partial charge < -0.3 is 10.2 Å². The molecule has 0 aromatic rings. The van der Waals surface area contributed by atoms with Gasteiger partial charge in [0.2, 0.25) is 11.8 Å². The third-order valence-electron chi connectivity index (χ3n) is 3.06. The van der Waals surface area contributed by atoms with E-state index in [0.717, 1.165) is 6.42 Å². The molecule has 1 aliphatic heterocycles. The first-order chi connectivity index (χ1) is 6.97. The van der Waals surface area contributed by atoms with Crippen LogP contribution in [0.1, 0.15) is 33.6 Å². The van der Waals surface area contributed by atoms with Gasteiger partial charge in [-0.1, -0.05) is 20.8 Å². The van der Waals surface area contributed by atoms with Gasteiger partial charge in [-0.3, -0.25) is 9.59 Å². The van der Waals surface area contributed by atoms with Crippen LogP contribution in [0.2, 0.25) is 0 Å². The highest BCUT2D eigenvalue weighted by Crippen LogP contribution is 2.23. The number of carbonyl (C=O) groups is 2. The molecule has 1 aliphatic rings. The van der Waals surface area contributed by atoms with E-state index in [9.17, 15) is 9.59 Å². The highest BCUT2D eigenvalue weighted by atomic mass is 16.2. The first kappa shape index (κ1) is 12.0. The maximum absolute atomic E-state index is 12.1. The first-order valence-electron chi connectivity index (χ1n) is 5.53. The number of nitrogens with one attached hydrogen (secondary N) is 1. The van der Waals surface area contributed by atoms with E-state index in [1.54, 1.807) is 4.90 Å². The van der Waals surface area contributed by atoms with Gasteiger partial charge in [0, 0.05) is 31.5 Å². The highest BCUT2D eigenvalue weighted by molar-refractivity contribution is 5.83. The molecule has 0 aromatic heterocycles. The van der Waals surface area contributed by atoms with E-state index in [-0.39, 0.29) is 17.2 Å². The van der Waals surface area contributed by atoms with Crippen LogP contribution in [-0.2, 0) is 9.59 Å². The third kappa shape index (κ3) is 2.94. The second-order valence-electron chi connectivity index (χ2n) is 4.63. The summed E-state index contributed by atoms with van der Waals surface area (Å²) in [7, 11) is 0. The van der Waals surface area contributed by atoms with Gasteiger partial charge in [0.15, 0.2) is 0 Å². The van der Waals surface area contributed by atoms with Gasteiger partial charge >= 0.3 is 0 Å². The Morgan fingerprint density at radius 3 is 2.73 bits per heavy atom. The summed E-state index contributed by atoms with van der Waals surface area (Å²) in [6, 6.07) is 0. The van der Waals surface area contributed by atoms with E-state index in [4.69, 9.17) is 0 Å². The molecule has 0 aliphatic carbocycles. The average molecular weight is 212 g/mol. The van der Waals surface area contributed by atoms with Gasteiger partial charge in [-0.05, 0) is 6.42 Å². The summed E-state index contributed by atoms with van der Waals surface area (Å²) in [5, 5.41) is 2.77. The van der Waals surface area contributed by atoms with Crippen molar-refractivity contribution in [3.05, 3.63) is 0 Å². The predicted octanol–water partition coefficient (Wildman–Crippen LogP) is 0.771. The molecule has 1 heterocycles. The summed E-state index contributed by atoms with van der Waals surface area (Å²) in [6.07, 6.45) is 1.25. The minimum absolute atomic E-state index is 0.0413. The molecule has 1 rings (SSSR count). The Morgan fingerprint density at radius 1 is 1.47 bits per heavy atom. The van der Waals surface area contributed by atoms with Crippen LogP contribution in [0.25, 0.3) is 0 Å². The van der Waals surface area contributed by atoms with E-state index in [0.29, 0.717) is 26.1 Å². The zero-order valence-electron chi connectivity index (χ0n) is 9.80. The highest BCUT2D eigenvalue weighted by Gasteiger charge is 2.30. The Hall–Kier alpha value is -1.06. The van der Waals surface area contributed by atoms with Crippen molar-refractivity contribution in [1.82, 2.24) is 10.2 Å². The molecule has 86 valence electrons. The van der Waals surface area contributed by atoms with Crippen LogP contribution in [0.15, 0.2) is 0 Å². The molecule has 4 nitrogen and oxygen atoms in total. The number of amides is 2. The van der Waals surface area contributed by atoms with E-state index >= 15 is 0 Å². The van der Waals surface area contributed by atoms with Crippen LogP contribution < -0.4 is 5.32 Å². The number of nitrogens with zero attached hydrogens (tertiary/aromatic N) is 1. The summed E-state index contributed by atoms with van der Waals surface area (Å²) in [6.45, 7) is 7.68. The molecule has 15 heavy (non-hydrogen) atoms. The van der Waals surface area contributed by atoms with Crippen LogP contribution in [0, 0.1) is 5.41 Å². The Kier molecular flexibility index (Phi) is 3.72. The SMILES string of the molecule is CCC(C)(C)C(=O)N1CCNC(=O)CC1. The molecule has 0 radical (unpaired) electrons. The minimum atomic E-state index is -0.312. The topological polar surface area (TPSA) is 49.4 Å². The molecule has 1 saturated heterocycles. The Balaban J connectivity index is 2.63. The van der Waals surface area contributed by atoms with Crippen LogP contribution in [0.5, 0.6) is 0 Å². The largest absolute Gasteiger partial charge is 0.354 e. The number of hydrogen-bond acceptors (Lipinski definition) is 2. The van der Waals surface area contributed by atoms with E-state index in [1.165, 1.54) is 0 Å². The van der Waals surface area contributed by atoms with Crippen molar-refractivity contribution in [3.63, 3.8) is 0 Å². The fourth-order valence-corrected chi connectivity index (χ4v) is 1.55. The lowest BCUT2D eigenvalue weighted by Crippen LogP contribution is -2.42. The van der Waals surface area contributed by atoms with Crippen molar-refractivity contribution in [2.45, 2.75) is 33.6 Å². The molecule has 0 unspecified atom stereocenters. The van der Waals surface area contributed by atoms with Crippen molar-refractivity contribution >= 4 is 11.8 Å². The van der Waals surface area contributed by atoms with Gasteiger partial charge in [0.05, 0.1) is 0 Å². The van der Waals surface area contributed by atoms with E-state index < -0.39 is 0 Å². The number of rotatable bonds is 2.